The molecule has 3 amide bonds. The number of nitrogens with zero attached hydrogens (tertiary/aromatic N) is 3. The van der Waals surface area contributed by atoms with Crippen LogP contribution in [0, 0.1) is 10.1 Å². The maximum atomic E-state index is 13.0. The van der Waals surface area contributed by atoms with Crippen LogP contribution in [0.2, 0.25) is 0 Å². The number of H-pyrrole nitrogens is 1. The summed E-state index contributed by atoms with van der Waals surface area (Å²) in [6, 6.07) is -2.00. The summed E-state index contributed by atoms with van der Waals surface area (Å²) in [5.74, 6) is -1.60. The number of aromatic nitrogens is 2. The van der Waals surface area contributed by atoms with Crippen LogP contribution in [-0.4, -0.2) is 61.9 Å². The van der Waals surface area contributed by atoms with Gasteiger partial charge in [0.2, 0.25) is 11.8 Å². The van der Waals surface area contributed by atoms with Crippen molar-refractivity contribution >= 4 is 23.7 Å². The molecule has 1 aliphatic rings. The van der Waals surface area contributed by atoms with Gasteiger partial charge in [0.25, 0.3) is 0 Å². The molecule has 0 saturated carbocycles. The summed E-state index contributed by atoms with van der Waals surface area (Å²) < 4.78 is 5.18. The van der Waals surface area contributed by atoms with Crippen molar-refractivity contribution in [3.63, 3.8) is 0 Å². The van der Waals surface area contributed by atoms with E-state index in [0.717, 1.165) is 6.33 Å². The zero-order valence-corrected chi connectivity index (χ0v) is 15.9. The highest BCUT2D eigenvalue weighted by Crippen LogP contribution is 2.21. The first-order valence-corrected chi connectivity index (χ1v) is 8.75. The van der Waals surface area contributed by atoms with E-state index >= 15 is 0 Å². The molecule has 1 aliphatic heterocycles. The van der Waals surface area contributed by atoms with Crippen molar-refractivity contribution in [2.75, 3.05) is 6.54 Å². The van der Waals surface area contributed by atoms with Crippen LogP contribution in [0.1, 0.15) is 39.3 Å². The lowest BCUT2D eigenvalue weighted by Crippen LogP contribution is -2.54. The molecule has 0 aliphatic carbocycles. The maximum absolute atomic E-state index is 13.0. The van der Waals surface area contributed by atoms with Crippen molar-refractivity contribution in [1.29, 1.82) is 0 Å². The molecule has 2 rings (SSSR count). The fourth-order valence-electron chi connectivity index (χ4n) is 2.99. The molecule has 12 nitrogen and oxygen atoms in total. The van der Waals surface area contributed by atoms with Gasteiger partial charge >= 0.3 is 11.9 Å². The van der Waals surface area contributed by atoms with Gasteiger partial charge in [0.1, 0.15) is 23.4 Å². The fourth-order valence-corrected chi connectivity index (χ4v) is 2.99. The van der Waals surface area contributed by atoms with Gasteiger partial charge in [-0.05, 0) is 38.5 Å². The number of aromatic amines is 1. The number of primary amides is 1. The summed E-state index contributed by atoms with van der Waals surface area (Å²) in [5.41, 5.74) is 4.55. The van der Waals surface area contributed by atoms with Crippen LogP contribution in [-0.2, 0) is 20.7 Å². The van der Waals surface area contributed by atoms with Gasteiger partial charge in [-0.2, -0.15) is 0 Å². The SMILES string of the molecule is CC(C)(C)OC(=O)NC(Cc1nc[nH]c1[N+](=O)[O-])C(=O)N1CCCC1C(N)=O. The number of likely N-dealkylation sites (tertiary alicyclic amines) is 1. The van der Waals surface area contributed by atoms with Crippen LogP contribution in [0.5, 0.6) is 0 Å². The monoisotopic (exact) mass is 396 g/mol. The Bertz CT molecular complexity index is 770. The fraction of sp³-hybridized carbons (Fsp3) is 0.625. The normalized spacial score (nSPS) is 17.8. The number of amides is 3. The van der Waals surface area contributed by atoms with Crippen LogP contribution >= 0.6 is 0 Å². The molecule has 2 unspecified atom stereocenters. The third kappa shape index (κ3) is 5.18. The summed E-state index contributed by atoms with van der Waals surface area (Å²) in [6.45, 7) is 5.27. The van der Waals surface area contributed by atoms with E-state index in [1.54, 1.807) is 20.8 Å². The number of nitro groups is 1. The zero-order chi connectivity index (χ0) is 21.1. The van der Waals surface area contributed by atoms with Crippen molar-refractivity contribution in [3.8, 4) is 0 Å². The van der Waals surface area contributed by atoms with E-state index in [4.69, 9.17) is 10.5 Å². The number of nitrogens with two attached hydrogens (primary N) is 1. The number of nitrogens with one attached hydrogen (secondary N) is 2. The Morgan fingerprint density at radius 2 is 2.18 bits per heavy atom. The molecule has 1 saturated heterocycles. The van der Waals surface area contributed by atoms with E-state index in [9.17, 15) is 24.5 Å². The Morgan fingerprint density at radius 1 is 1.50 bits per heavy atom. The molecule has 12 heteroatoms. The van der Waals surface area contributed by atoms with E-state index in [1.165, 1.54) is 4.90 Å². The average molecular weight is 396 g/mol. The molecule has 0 aromatic carbocycles. The summed E-state index contributed by atoms with van der Waals surface area (Å²) in [5, 5.41) is 13.5. The Balaban J connectivity index is 2.26. The van der Waals surface area contributed by atoms with Crippen molar-refractivity contribution in [3.05, 3.63) is 22.1 Å². The molecule has 2 atom stereocenters. The molecule has 4 N–H and O–H groups in total. The van der Waals surface area contributed by atoms with E-state index in [1.807, 2.05) is 0 Å². The number of carbonyl (C=O) groups excluding carboxylic acids is 3. The largest absolute Gasteiger partial charge is 0.444 e. The Kier molecular flexibility index (Phi) is 6.21. The maximum Gasteiger partial charge on any atom is 0.408 e. The van der Waals surface area contributed by atoms with E-state index in [-0.39, 0.29) is 17.9 Å². The van der Waals surface area contributed by atoms with Crippen LogP contribution in [0.3, 0.4) is 0 Å². The van der Waals surface area contributed by atoms with Crippen LogP contribution in [0.4, 0.5) is 10.6 Å². The van der Waals surface area contributed by atoms with Gasteiger partial charge in [0.05, 0.1) is 0 Å². The van der Waals surface area contributed by atoms with E-state index < -0.39 is 40.5 Å². The van der Waals surface area contributed by atoms with Crippen LogP contribution < -0.4 is 11.1 Å². The predicted molar refractivity (Wildman–Crippen MR) is 96.0 cm³/mol. The lowest BCUT2D eigenvalue weighted by Gasteiger charge is -2.28. The van der Waals surface area contributed by atoms with Crippen LogP contribution in [0.15, 0.2) is 6.33 Å². The van der Waals surface area contributed by atoms with Gasteiger partial charge in [-0.3, -0.25) is 9.59 Å². The Morgan fingerprint density at radius 3 is 2.75 bits per heavy atom. The quantitative estimate of drug-likeness (QED) is 0.455. The van der Waals surface area contributed by atoms with Gasteiger partial charge in [0, 0.05) is 13.0 Å². The second kappa shape index (κ2) is 8.23. The molecule has 154 valence electrons. The third-order valence-electron chi connectivity index (χ3n) is 4.13. The average Bonchev–Trinajstić information content (AvgIpc) is 3.20. The van der Waals surface area contributed by atoms with Gasteiger partial charge in [-0.1, -0.05) is 0 Å². The number of hydrogen-bond acceptors (Lipinski definition) is 7. The topological polar surface area (TPSA) is 174 Å². The summed E-state index contributed by atoms with van der Waals surface area (Å²) >= 11 is 0. The first-order chi connectivity index (χ1) is 13.0. The van der Waals surface area contributed by atoms with E-state index in [2.05, 4.69) is 15.3 Å². The standard InChI is InChI=1S/C16H24N6O6/c1-16(2,3)28-15(25)20-10(7-9-13(22(26)27)19-8-18-9)14(24)21-6-4-5-11(21)12(17)23/h8,10-11H,4-7H2,1-3H3,(H2,17,23)(H,18,19)(H,20,25). The molecule has 0 bridgehead atoms. The van der Waals surface area contributed by atoms with Gasteiger partial charge < -0.3 is 30.8 Å². The number of ether oxygens (including phenoxy) is 1. The first-order valence-electron chi connectivity index (χ1n) is 8.75. The molecule has 0 spiro atoms. The second-order valence-corrected chi connectivity index (χ2v) is 7.45. The van der Waals surface area contributed by atoms with Crippen molar-refractivity contribution in [2.45, 2.75) is 57.7 Å². The smallest absolute Gasteiger partial charge is 0.408 e. The highest BCUT2D eigenvalue weighted by atomic mass is 16.6. The number of alkyl carbamates (subject to hydrolysis) is 1. The summed E-state index contributed by atoms with van der Waals surface area (Å²) in [6.07, 6.45) is 1.02. The first kappa shape index (κ1) is 21.1. The third-order valence-corrected chi connectivity index (χ3v) is 4.13. The Labute approximate surface area is 160 Å². The number of carbonyl (C=O) groups is 3. The molecule has 0 radical (unpaired) electrons. The van der Waals surface area contributed by atoms with Crippen LogP contribution in [0.25, 0.3) is 0 Å². The van der Waals surface area contributed by atoms with Gasteiger partial charge in [-0.15, -0.1) is 0 Å². The Hall–Kier alpha value is -3.18. The minimum Gasteiger partial charge on any atom is -0.444 e. The zero-order valence-electron chi connectivity index (χ0n) is 15.9. The summed E-state index contributed by atoms with van der Waals surface area (Å²) in [4.78, 5) is 54.8. The number of hydrogen-bond donors (Lipinski definition) is 3. The molecule has 28 heavy (non-hydrogen) atoms. The highest BCUT2D eigenvalue weighted by Gasteiger charge is 2.38. The highest BCUT2D eigenvalue weighted by molar-refractivity contribution is 5.91. The van der Waals surface area contributed by atoms with Gasteiger partial charge in [0.15, 0.2) is 6.33 Å². The van der Waals surface area contributed by atoms with Crippen molar-refractivity contribution in [2.24, 2.45) is 5.73 Å². The molecular weight excluding hydrogens is 372 g/mol. The van der Waals surface area contributed by atoms with Crippen molar-refractivity contribution in [1.82, 2.24) is 20.2 Å². The minimum atomic E-state index is -1.21. The molecule has 2 heterocycles. The van der Waals surface area contributed by atoms with E-state index in [0.29, 0.717) is 19.4 Å². The number of rotatable bonds is 6. The molecular formula is C16H24N6O6. The predicted octanol–water partition coefficient (Wildman–Crippen LogP) is 0.230. The molecule has 1 aromatic heterocycles. The minimum absolute atomic E-state index is 0.00534. The molecule has 1 aromatic rings. The van der Waals surface area contributed by atoms with Gasteiger partial charge in [-0.25, -0.2) is 14.8 Å². The summed E-state index contributed by atoms with van der Waals surface area (Å²) in [7, 11) is 0. The number of imidazole rings is 1. The van der Waals surface area contributed by atoms with Crippen molar-refractivity contribution < 1.29 is 24.0 Å². The second-order valence-electron chi connectivity index (χ2n) is 7.45. The lowest BCUT2D eigenvalue weighted by molar-refractivity contribution is -0.390. The molecule has 1 fully saturated rings. The lowest BCUT2D eigenvalue weighted by atomic mass is 10.1.